The first kappa shape index (κ1) is 7.88. The van der Waals surface area contributed by atoms with E-state index in [1.807, 2.05) is 6.07 Å². The van der Waals surface area contributed by atoms with Crippen LogP contribution in [0.15, 0.2) is 17.7 Å². The van der Waals surface area contributed by atoms with Crippen molar-refractivity contribution in [2.75, 3.05) is 0 Å². The normalized spacial score (nSPS) is 14.4. The molecule has 0 spiro atoms. The molecule has 0 unspecified atom stereocenters. The van der Waals surface area contributed by atoms with Gasteiger partial charge in [-0.3, -0.25) is 0 Å². The third-order valence-corrected chi connectivity index (χ3v) is 2.71. The first-order chi connectivity index (χ1) is 5.68. The largest absolute Gasteiger partial charge is 0.0837 e. The molecule has 0 N–H and O–H groups in total. The molecule has 0 saturated heterocycles. The predicted octanol–water partition coefficient (Wildman–Crippen LogP) is 3.61. The SMILES string of the molecule is CC1=Cc2c(Cl)ccc(C)c2C1. The van der Waals surface area contributed by atoms with Crippen LogP contribution in [0.25, 0.3) is 6.08 Å². The van der Waals surface area contributed by atoms with E-state index in [-0.39, 0.29) is 0 Å². The molecule has 2 rings (SSSR count). The van der Waals surface area contributed by atoms with Crippen LogP contribution in [0, 0.1) is 6.92 Å². The van der Waals surface area contributed by atoms with Gasteiger partial charge in [0.15, 0.2) is 0 Å². The Bertz CT molecular complexity index is 362. The van der Waals surface area contributed by atoms with Crippen LogP contribution in [-0.4, -0.2) is 0 Å². The highest BCUT2D eigenvalue weighted by Crippen LogP contribution is 2.32. The first-order valence-electron chi connectivity index (χ1n) is 4.13. The second-order valence-corrected chi connectivity index (χ2v) is 3.83. The number of rotatable bonds is 0. The summed E-state index contributed by atoms with van der Waals surface area (Å²) in [5, 5.41) is 0.882. The molecule has 0 fully saturated rings. The van der Waals surface area contributed by atoms with Crippen LogP contribution in [0.5, 0.6) is 0 Å². The van der Waals surface area contributed by atoms with Gasteiger partial charge in [0.1, 0.15) is 0 Å². The molecule has 12 heavy (non-hydrogen) atoms. The van der Waals surface area contributed by atoms with E-state index in [1.54, 1.807) is 0 Å². The van der Waals surface area contributed by atoms with Crippen LogP contribution in [0.4, 0.5) is 0 Å². The van der Waals surface area contributed by atoms with Crippen molar-refractivity contribution in [3.05, 3.63) is 39.4 Å². The highest BCUT2D eigenvalue weighted by atomic mass is 35.5. The van der Waals surface area contributed by atoms with Crippen molar-refractivity contribution in [2.45, 2.75) is 20.3 Å². The molecule has 0 atom stereocenters. The molecule has 0 nitrogen and oxygen atoms in total. The second kappa shape index (κ2) is 2.63. The van der Waals surface area contributed by atoms with Crippen molar-refractivity contribution in [3.63, 3.8) is 0 Å². The molecule has 0 heterocycles. The fourth-order valence-corrected chi connectivity index (χ4v) is 1.94. The van der Waals surface area contributed by atoms with E-state index in [0.717, 1.165) is 11.4 Å². The maximum Gasteiger partial charge on any atom is 0.0481 e. The van der Waals surface area contributed by atoms with E-state index in [0.29, 0.717) is 0 Å². The van der Waals surface area contributed by atoms with Crippen LogP contribution in [0.1, 0.15) is 23.6 Å². The highest BCUT2D eigenvalue weighted by Gasteiger charge is 2.14. The topological polar surface area (TPSA) is 0 Å². The van der Waals surface area contributed by atoms with Crippen molar-refractivity contribution in [2.24, 2.45) is 0 Å². The van der Waals surface area contributed by atoms with Gasteiger partial charge in [0.25, 0.3) is 0 Å². The summed E-state index contributed by atoms with van der Waals surface area (Å²) in [7, 11) is 0. The van der Waals surface area contributed by atoms with Crippen molar-refractivity contribution in [1.29, 1.82) is 0 Å². The zero-order valence-electron chi connectivity index (χ0n) is 7.32. The van der Waals surface area contributed by atoms with E-state index in [9.17, 15) is 0 Å². The number of benzene rings is 1. The third-order valence-electron chi connectivity index (χ3n) is 2.38. The number of fused-ring (bicyclic) bond motifs is 1. The lowest BCUT2D eigenvalue weighted by atomic mass is 10.0. The zero-order valence-corrected chi connectivity index (χ0v) is 8.07. The van der Waals surface area contributed by atoms with E-state index >= 15 is 0 Å². The van der Waals surface area contributed by atoms with E-state index < -0.39 is 0 Å². The number of aryl methyl sites for hydroxylation is 1. The van der Waals surface area contributed by atoms with Gasteiger partial charge in [-0.15, -0.1) is 0 Å². The number of hydrogen-bond acceptors (Lipinski definition) is 0. The minimum absolute atomic E-state index is 0.882. The Morgan fingerprint density at radius 3 is 2.67 bits per heavy atom. The summed E-state index contributed by atoms with van der Waals surface area (Å²) < 4.78 is 0. The molecule has 1 aromatic carbocycles. The predicted molar refractivity (Wildman–Crippen MR) is 53.5 cm³/mol. The van der Waals surface area contributed by atoms with Gasteiger partial charge in [-0.05, 0) is 43.0 Å². The lowest BCUT2D eigenvalue weighted by molar-refractivity contribution is 1.16. The van der Waals surface area contributed by atoms with Crippen molar-refractivity contribution >= 4 is 17.7 Å². The van der Waals surface area contributed by atoms with Gasteiger partial charge in [0.2, 0.25) is 0 Å². The number of allylic oxidation sites excluding steroid dienone is 1. The Morgan fingerprint density at radius 2 is 2.00 bits per heavy atom. The highest BCUT2D eigenvalue weighted by molar-refractivity contribution is 6.32. The number of halogens is 1. The Morgan fingerprint density at radius 1 is 1.25 bits per heavy atom. The molecular formula is C11H11Cl. The second-order valence-electron chi connectivity index (χ2n) is 3.42. The first-order valence-corrected chi connectivity index (χ1v) is 4.51. The smallest absolute Gasteiger partial charge is 0.0481 e. The molecule has 62 valence electrons. The van der Waals surface area contributed by atoms with Gasteiger partial charge >= 0.3 is 0 Å². The van der Waals surface area contributed by atoms with E-state index in [4.69, 9.17) is 11.6 Å². The van der Waals surface area contributed by atoms with Gasteiger partial charge in [0.05, 0.1) is 0 Å². The molecular weight excluding hydrogens is 168 g/mol. The molecule has 1 aliphatic rings. The quantitative estimate of drug-likeness (QED) is 0.570. The zero-order chi connectivity index (χ0) is 8.72. The third kappa shape index (κ3) is 1.07. The minimum Gasteiger partial charge on any atom is -0.0837 e. The molecule has 0 amide bonds. The summed E-state index contributed by atoms with van der Waals surface area (Å²) in [6.07, 6.45) is 3.26. The fourth-order valence-electron chi connectivity index (χ4n) is 1.71. The van der Waals surface area contributed by atoms with E-state index in [1.165, 1.54) is 22.3 Å². The van der Waals surface area contributed by atoms with Gasteiger partial charge < -0.3 is 0 Å². The Kier molecular flexibility index (Phi) is 1.73. The maximum atomic E-state index is 6.06. The monoisotopic (exact) mass is 178 g/mol. The lowest BCUT2D eigenvalue weighted by Gasteiger charge is -2.04. The average molecular weight is 179 g/mol. The standard InChI is InChI=1S/C11H11Cl/c1-7-5-9-8(2)3-4-11(12)10(9)6-7/h3-4,6H,5H2,1-2H3. The van der Waals surface area contributed by atoms with E-state index in [2.05, 4.69) is 26.0 Å². The van der Waals surface area contributed by atoms with Crippen LogP contribution in [0.2, 0.25) is 5.02 Å². The molecule has 1 aromatic rings. The lowest BCUT2D eigenvalue weighted by Crippen LogP contribution is -1.88. The molecule has 0 saturated carbocycles. The minimum atomic E-state index is 0.882. The average Bonchev–Trinajstić information content (AvgIpc) is 2.41. The molecule has 1 aliphatic carbocycles. The van der Waals surface area contributed by atoms with Crippen molar-refractivity contribution in [1.82, 2.24) is 0 Å². The van der Waals surface area contributed by atoms with Gasteiger partial charge in [0, 0.05) is 5.02 Å². The summed E-state index contributed by atoms with van der Waals surface area (Å²) >= 11 is 6.06. The summed E-state index contributed by atoms with van der Waals surface area (Å²) in [4.78, 5) is 0. The summed E-state index contributed by atoms with van der Waals surface area (Å²) in [6.45, 7) is 4.29. The van der Waals surface area contributed by atoms with Crippen LogP contribution < -0.4 is 0 Å². The van der Waals surface area contributed by atoms with Gasteiger partial charge in [-0.25, -0.2) is 0 Å². The summed E-state index contributed by atoms with van der Waals surface area (Å²) in [6, 6.07) is 4.07. The summed E-state index contributed by atoms with van der Waals surface area (Å²) in [5.74, 6) is 0. The molecule has 0 radical (unpaired) electrons. The Balaban J connectivity index is 2.66. The maximum absolute atomic E-state index is 6.06. The van der Waals surface area contributed by atoms with Gasteiger partial charge in [-0.1, -0.05) is 29.3 Å². The van der Waals surface area contributed by atoms with Crippen LogP contribution >= 0.6 is 11.6 Å². The Hall–Kier alpha value is -0.750. The van der Waals surface area contributed by atoms with Gasteiger partial charge in [-0.2, -0.15) is 0 Å². The number of hydrogen-bond donors (Lipinski definition) is 0. The van der Waals surface area contributed by atoms with Crippen molar-refractivity contribution < 1.29 is 0 Å². The summed E-state index contributed by atoms with van der Waals surface area (Å²) in [5.41, 5.74) is 5.39. The Labute approximate surface area is 77.9 Å². The molecule has 1 heteroatoms. The fraction of sp³-hybridized carbons (Fsp3) is 0.273. The molecule has 0 aromatic heterocycles. The van der Waals surface area contributed by atoms with Crippen LogP contribution in [0.3, 0.4) is 0 Å². The van der Waals surface area contributed by atoms with Crippen LogP contribution in [-0.2, 0) is 6.42 Å². The van der Waals surface area contributed by atoms with Crippen molar-refractivity contribution in [3.8, 4) is 0 Å². The molecule has 0 aliphatic heterocycles. The molecule has 0 bridgehead atoms.